The summed E-state index contributed by atoms with van der Waals surface area (Å²) >= 11 is 0. The number of esters is 1. The topological polar surface area (TPSA) is 59.3 Å². The van der Waals surface area contributed by atoms with Crippen molar-refractivity contribution in [3.8, 4) is 11.8 Å². The van der Waals surface area contributed by atoms with Crippen molar-refractivity contribution in [3.05, 3.63) is 29.8 Å². The number of carbonyl (C=O) groups excluding carboxylic acids is 1. The number of ether oxygens (including phenoxy) is 2. The molecule has 0 amide bonds. The maximum absolute atomic E-state index is 11.4. The Morgan fingerprint density at radius 3 is 2.71 bits per heavy atom. The summed E-state index contributed by atoms with van der Waals surface area (Å²) in [7, 11) is 1.61. The van der Waals surface area contributed by atoms with Gasteiger partial charge in [0.15, 0.2) is 0 Å². The number of nitriles is 1. The van der Waals surface area contributed by atoms with E-state index in [2.05, 4.69) is 6.07 Å². The average Bonchev–Trinajstić information content (AvgIpc) is 2.52. The second kappa shape index (κ2) is 8.31. The van der Waals surface area contributed by atoms with Crippen LogP contribution in [0.25, 0.3) is 0 Å². The van der Waals surface area contributed by atoms with Crippen molar-refractivity contribution < 1.29 is 14.3 Å². The van der Waals surface area contributed by atoms with Crippen LogP contribution in [0.5, 0.6) is 5.75 Å². The molecule has 0 aliphatic heterocycles. The van der Waals surface area contributed by atoms with E-state index in [1.165, 1.54) is 0 Å². The zero-order valence-corrected chi connectivity index (χ0v) is 13.0. The van der Waals surface area contributed by atoms with Gasteiger partial charge in [-0.2, -0.15) is 5.26 Å². The molecule has 0 saturated carbocycles. The number of hydrogen-bond donors (Lipinski definition) is 0. The lowest BCUT2D eigenvalue weighted by molar-refractivity contribution is -0.143. The van der Waals surface area contributed by atoms with Crippen LogP contribution >= 0.6 is 0 Å². The van der Waals surface area contributed by atoms with E-state index in [1.54, 1.807) is 14.0 Å². The second-order valence-corrected chi connectivity index (χ2v) is 4.94. The lowest BCUT2D eigenvalue weighted by Gasteiger charge is -2.26. The van der Waals surface area contributed by atoms with E-state index < -0.39 is 5.41 Å². The third-order valence-corrected chi connectivity index (χ3v) is 3.73. The number of rotatable bonds is 8. The van der Waals surface area contributed by atoms with Crippen LogP contribution in [0.15, 0.2) is 24.3 Å². The van der Waals surface area contributed by atoms with Gasteiger partial charge in [0.25, 0.3) is 0 Å². The number of methoxy groups -OCH3 is 1. The van der Waals surface area contributed by atoms with E-state index in [9.17, 15) is 10.1 Å². The fraction of sp³-hybridized carbons (Fsp3) is 0.529. The summed E-state index contributed by atoms with van der Waals surface area (Å²) in [5.41, 5.74) is 0.358. The molecule has 1 aromatic rings. The van der Waals surface area contributed by atoms with Gasteiger partial charge in [-0.3, -0.25) is 4.79 Å². The van der Waals surface area contributed by atoms with Crippen LogP contribution in [-0.4, -0.2) is 19.7 Å². The van der Waals surface area contributed by atoms with Gasteiger partial charge in [0.05, 0.1) is 25.2 Å². The molecule has 0 heterocycles. The Kier molecular flexibility index (Phi) is 6.74. The molecule has 0 saturated heterocycles. The van der Waals surface area contributed by atoms with Gasteiger partial charge in [0.2, 0.25) is 0 Å². The van der Waals surface area contributed by atoms with Gasteiger partial charge in [-0.05, 0) is 43.9 Å². The molecule has 114 valence electrons. The van der Waals surface area contributed by atoms with Crippen LogP contribution in [0.4, 0.5) is 0 Å². The molecule has 21 heavy (non-hydrogen) atoms. The standard InChI is InChI=1S/C17H23NO3/c1-4-17(13-18,11-7-10-16(19)21-5-2)14-8-6-9-15(12-14)20-3/h6,8-9,12H,4-5,7,10-11H2,1-3H3. The summed E-state index contributed by atoms with van der Waals surface area (Å²) in [6, 6.07) is 10.0. The number of hydrogen-bond acceptors (Lipinski definition) is 4. The maximum atomic E-state index is 11.4. The summed E-state index contributed by atoms with van der Waals surface area (Å²) in [6.45, 7) is 4.18. The Morgan fingerprint density at radius 2 is 2.14 bits per heavy atom. The van der Waals surface area contributed by atoms with E-state index in [1.807, 2.05) is 31.2 Å². The van der Waals surface area contributed by atoms with Gasteiger partial charge < -0.3 is 9.47 Å². The first kappa shape index (κ1) is 17.0. The largest absolute Gasteiger partial charge is 0.497 e. The van der Waals surface area contributed by atoms with Crippen molar-refractivity contribution in [2.24, 2.45) is 0 Å². The highest BCUT2D eigenvalue weighted by molar-refractivity contribution is 5.69. The van der Waals surface area contributed by atoms with Crippen LogP contribution in [0.3, 0.4) is 0 Å². The van der Waals surface area contributed by atoms with Crippen molar-refractivity contribution in [1.29, 1.82) is 5.26 Å². The minimum Gasteiger partial charge on any atom is -0.497 e. The molecule has 0 aliphatic carbocycles. The third-order valence-electron chi connectivity index (χ3n) is 3.73. The first-order chi connectivity index (χ1) is 10.1. The molecule has 1 unspecified atom stereocenters. The number of benzene rings is 1. The molecule has 0 aromatic heterocycles. The predicted molar refractivity (Wildman–Crippen MR) is 81.1 cm³/mol. The van der Waals surface area contributed by atoms with Crippen molar-refractivity contribution in [2.45, 2.75) is 44.9 Å². The molecular weight excluding hydrogens is 266 g/mol. The Labute approximate surface area is 126 Å². The van der Waals surface area contributed by atoms with E-state index in [4.69, 9.17) is 9.47 Å². The minimum atomic E-state index is -0.582. The predicted octanol–water partition coefficient (Wildman–Crippen LogP) is 3.60. The fourth-order valence-electron chi connectivity index (χ4n) is 2.41. The molecule has 0 radical (unpaired) electrons. The minimum absolute atomic E-state index is 0.203. The first-order valence-corrected chi connectivity index (χ1v) is 7.33. The van der Waals surface area contributed by atoms with Gasteiger partial charge >= 0.3 is 5.97 Å². The summed E-state index contributed by atoms with van der Waals surface area (Å²) in [5.74, 6) is 0.539. The lowest BCUT2D eigenvalue weighted by Crippen LogP contribution is -2.23. The van der Waals surface area contributed by atoms with E-state index in [0.29, 0.717) is 32.3 Å². The summed E-state index contributed by atoms with van der Waals surface area (Å²) in [4.78, 5) is 11.4. The normalized spacial score (nSPS) is 13.0. The van der Waals surface area contributed by atoms with E-state index in [0.717, 1.165) is 11.3 Å². The molecule has 4 heteroatoms. The number of nitrogens with zero attached hydrogens (tertiary/aromatic N) is 1. The Morgan fingerprint density at radius 1 is 1.38 bits per heavy atom. The molecule has 0 spiro atoms. The zero-order valence-electron chi connectivity index (χ0n) is 13.0. The van der Waals surface area contributed by atoms with E-state index in [-0.39, 0.29) is 5.97 Å². The highest BCUT2D eigenvalue weighted by atomic mass is 16.5. The fourth-order valence-corrected chi connectivity index (χ4v) is 2.41. The maximum Gasteiger partial charge on any atom is 0.305 e. The molecule has 1 aromatic carbocycles. The monoisotopic (exact) mass is 289 g/mol. The molecule has 4 nitrogen and oxygen atoms in total. The Hall–Kier alpha value is -2.02. The van der Waals surface area contributed by atoms with Crippen molar-refractivity contribution >= 4 is 5.97 Å². The second-order valence-electron chi connectivity index (χ2n) is 4.94. The average molecular weight is 289 g/mol. The Balaban J connectivity index is 2.83. The first-order valence-electron chi connectivity index (χ1n) is 7.33. The third kappa shape index (κ3) is 4.49. The molecular formula is C17H23NO3. The van der Waals surface area contributed by atoms with Crippen LogP contribution < -0.4 is 4.74 Å². The lowest BCUT2D eigenvalue weighted by atomic mass is 9.75. The van der Waals surface area contributed by atoms with Gasteiger partial charge in [-0.1, -0.05) is 19.1 Å². The van der Waals surface area contributed by atoms with Gasteiger partial charge in [-0.15, -0.1) is 0 Å². The molecule has 1 rings (SSSR count). The van der Waals surface area contributed by atoms with Gasteiger partial charge in [0.1, 0.15) is 5.75 Å². The van der Waals surface area contributed by atoms with Crippen molar-refractivity contribution in [3.63, 3.8) is 0 Å². The van der Waals surface area contributed by atoms with Crippen molar-refractivity contribution in [1.82, 2.24) is 0 Å². The number of carbonyl (C=O) groups is 1. The van der Waals surface area contributed by atoms with Crippen LogP contribution in [-0.2, 0) is 14.9 Å². The quantitative estimate of drug-likeness (QED) is 0.686. The molecule has 0 aliphatic rings. The van der Waals surface area contributed by atoms with Crippen LogP contribution in [0.2, 0.25) is 0 Å². The highest BCUT2D eigenvalue weighted by Crippen LogP contribution is 2.34. The van der Waals surface area contributed by atoms with Gasteiger partial charge in [-0.25, -0.2) is 0 Å². The van der Waals surface area contributed by atoms with Gasteiger partial charge in [0, 0.05) is 6.42 Å². The Bertz CT molecular complexity index is 507. The molecule has 0 N–H and O–H groups in total. The van der Waals surface area contributed by atoms with Crippen molar-refractivity contribution in [2.75, 3.05) is 13.7 Å². The highest BCUT2D eigenvalue weighted by Gasteiger charge is 2.30. The molecule has 0 bridgehead atoms. The van der Waals surface area contributed by atoms with Crippen LogP contribution in [0.1, 0.15) is 45.1 Å². The van der Waals surface area contributed by atoms with Crippen LogP contribution in [0, 0.1) is 11.3 Å². The summed E-state index contributed by atoms with van der Waals surface area (Å²) in [5, 5.41) is 9.66. The summed E-state index contributed by atoms with van der Waals surface area (Å²) < 4.78 is 10.2. The smallest absolute Gasteiger partial charge is 0.305 e. The molecule has 1 atom stereocenters. The zero-order chi connectivity index (χ0) is 15.7. The van der Waals surface area contributed by atoms with E-state index >= 15 is 0 Å². The summed E-state index contributed by atoms with van der Waals surface area (Å²) in [6.07, 6.45) is 2.31. The SMILES string of the molecule is CCOC(=O)CCCC(C#N)(CC)c1cccc(OC)c1. The molecule has 0 fully saturated rings.